The summed E-state index contributed by atoms with van der Waals surface area (Å²) in [5.74, 6) is 0.499. The van der Waals surface area contributed by atoms with Crippen molar-refractivity contribution in [1.29, 1.82) is 0 Å². The lowest BCUT2D eigenvalue weighted by Gasteiger charge is -2.12. The summed E-state index contributed by atoms with van der Waals surface area (Å²) in [6.07, 6.45) is 1.54. The standard InChI is InChI=1S/C20H20N2O4/c1-2-25-18-11-15-7-4-3-6-14(15)10-17(18)20(24)22-13-19(23)21-12-16-8-5-9-26-16/h3-11H,2,12-13H2,1H3,(H,21,23)(H,22,24). The van der Waals surface area contributed by atoms with Gasteiger partial charge in [-0.2, -0.15) is 0 Å². The molecular weight excluding hydrogens is 332 g/mol. The number of fused-ring (bicyclic) bond motifs is 1. The fourth-order valence-corrected chi connectivity index (χ4v) is 2.59. The van der Waals surface area contributed by atoms with Crippen LogP contribution in [0.15, 0.2) is 59.2 Å². The molecule has 0 aliphatic rings. The third kappa shape index (κ3) is 4.22. The van der Waals surface area contributed by atoms with Crippen molar-refractivity contribution < 1.29 is 18.7 Å². The summed E-state index contributed by atoms with van der Waals surface area (Å²) in [6.45, 7) is 2.46. The molecule has 0 fully saturated rings. The second kappa shape index (κ2) is 8.20. The maximum atomic E-state index is 12.5. The summed E-state index contributed by atoms with van der Waals surface area (Å²) in [5, 5.41) is 7.24. The van der Waals surface area contributed by atoms with Crippen LogP contribution in [-0.4, -0.2) is 25.0 Å². The number of nitrogens with one attached hydrogen (secondary N) is 2. The highest BCUT2D eigenvalue weighted by Gasteiger charge is 2.15. The molecule has 2 amide bonds. The van der Waals surface area contributed by atoms with Crippen molar-refractivity contribution in [2.75, 3.05) is 13.2 Å². The lowest BCUT2D eigenvalue weighted by molar-refractivity contribution is -0.120. The molecule has 0 saturated carbocycles. The smallest absolute Gasteiger partial charge is 0.255 e. The van der Waals surface area contributed by atoms with Crippen molar-refractivity contribution in [2.24, 2.45) is 0 Å². The van der Waals surface area contributed by atoms with Crippen molar-refractivity contribution in [3.63, 3.8) is 0 Å². The van der Waals surface area contributed by atoms with E-state index in [1.54, 1.807) is 18.2 Å². The van der Waals surface area contributed by atoms with Crippen LogP contribution in [-0.2, 0) is 11.3 Å². The number of benzene rings is 2. The highest BCUT2D eigenvalue weighted by molar-refractivity contribution is 6.02. The summed E-state index contributed by atoms with van der Waals surface area (Å²) in [4.78, 5) is 24.4. The average Bonchev–Trinajstić information content (AvgIpc) is 3.18. The van der Waals surface area contributed by atoms with Crippen molar-refractivity contribution >= 4 is 22.6 Å². The molecule has 0 radical (unpaired) electrons. The van der Waals surface area contributed by atoms with E-state index in [9.17, 15) is 9.59 Å². The SMILES string of the molecule is CCOc1cc2ccccc2cc1C(=O)NCC(=O)NCc1ccco1. The molecule has 3 aromatic rings. The molecule has 2 N–H and O–H groups in total. The van der Waals surface area contributed by atoms with Gasteiger partial charge in [0.1, 0.15) is 11.5 Å². The number of furan rings is 1. The molecule has 1 aromatic heterocycles. The van der Waals surface area contributed by atoms with Gasteiger partial charge < -0.3 is 19.8 Å². The van der Waals surface area contributed by atoms with Gasteiger partial charge in [0.05, 0.1) is 31.5 Å². The zero-order valence-corrected chi connectivity index (χ0v) is 14.5. The molecule has 134 valence electrons. The molecule has 0 bridgehead atoms. The maximum Gasteiger partial charge on any atom is 0.255 e. The summed E-state index contributed by atoms with van der Waals surface area (Å²) in [6, 6.07) is 14.9. The lowest BCUT2D eigenvalue weighted by atomic mass is 10.1. The van der Waals surface area contributed by atoms with Crippen LogP contribution in [0.4, 0.5) is 0 Å². The minimum atomic E-state index is -0.354. The Morgan fingerprint density at radius 3 is 2.50 bits per heavy atom. The van der Waals surface area contributed by atoms with Crippen LogP contribution >= 0.6 is 0 Å². The molecule has 0 aliphatic heterocycles. The first kappa shape index (κ1) is 17.5. The van der Waals surface area contributed by atoms with Gasteiger partial charge >= 0.3 is 0 Å². The number of ether oxygens (including phenoxy) is 1. The second-order valence-electron chi connectivity index (χ2n) is 5.67. The van der Waals surface area contributed by atoms with Gasteiger partial charge in [0, 0.05) is 0 Å². The monoisotopic (exact) mass is 352 g/mol. The molecule has 0 atom stereocenters. The van der Waals surface area contributed by atoms with Gasteiger partial charge in [0.25, 0.3) is 5.91 Å². The highest BCUT2D eigenvalue weighted by atomic mass is 16.5. The van der Waals surface area contributed by atoms with Crippen LogP contribution in [0.2, 0.25) is 0 Å². The molecule has 6 heteroatoms. The van der Waals surface area contributed by atoms with Crippen molar-refractivity contribution in [1.82, 2.24) is 10.6 Å². The summed E-state index contributed by atoms with van der Waals surface area (Å²) in [5.41, 5.74) is 0.407. The Morgan fingerprint density at radius 1 is 1.04 bits per heavy atom. The minimum absolute atomic E-state index is 0.127. The Labute approximate surface area is 151 Å². The topological polar surface area (TPSA) is 80.6 Å². The van der Waals surface area contributed by atoms with E-state index >= 15 is 0 Å². The van der Waals surface area contributed by atoms with Gasteiger partial charge in [-0.15, -0.1) is 0 Å². The number of hydrogen-bond acceptors (Lipinski definition) is 4. The summed E-state index contributed by atoms with van der Waals surface area (Å²) < 4.78 is 10.7. The van der Waals surface area contributed by atoms with Gasteiger partial charge in [-0.05, 0) is 42.0 Å². The van der Waals surface area contributed by atoms with Gasteiger partial charge in [0.15, 0.2) is 0 Å². The highest BCUT2D eigenvalue weighted by Crippen LogP contribution is 2.26. The minimum Gasteiger partial charge on any atom is -0.493 e. The third-order valence-electron chi connectivity index (χ3n) is 3.84. The number of hydrogen-bond donors (Lipinski definition) is 2. The van der Waals surface area contributed by atoms with Crippen LogP contribution in [0.25, 0.3) is 10.8 Å². The molecule has 3 rings (SSSR count). The van der Waals surface area contributed by atoms with E-state index < -0.39 is 0 Å². The molecule has 0 saturated heterocycles. The van der Waals surface area contributed by atoms with Crippen molar-refractivity contribution in [3.8, 4) is 5.75 Å². The van der Waals surface area contributed by atoms with Gasteiger partial charge in [-0.3, -0.25) is 9.59 Å². The number of rotatable bonds is 7. The summed E-state index contributed by atoms with van der Waals surface area (Å²) >= 11 is 0. The largest absolute Gasteiger partial charge is 0.493 e. The van der Waals surface area contributed by atoms with E-state index in [4.69, 9.17) is 9.15 Å². The van der Waals surface area contributed by atoms with Crippen molar-refractivity contribution in [2.45, 2.75) is 13.5 Å². The zero-order valence-electron chi connectivity index (χ0n) is 14.5. The van der Waals surface area contributed by atoms with E-state index in [-0.39, 0.29) is 24.9 Å². The average molecular weight is 352 g/mol. The number of amides is 2. The van der Waals surface area contributed by atoms with Crippen LogP contribution < -0.4 is 15.4 Å². The van der Waals surface area contributed by atoms with Crippen LogP contribution in [0.5, 0.6) is 5.75 Å². The predicted molar refractivity (Wildman–Crippen MR) is 98.0 cm³/mol. The fraction of sp³-hybridized carbons (Fsp3) is 0.200. The van der Waals surface area contributed by atoms with Gasteiger partial charge in [0.2, 0.25) is 5.91 Å². The normalized spacial score (nSPS) is 10.5. The number of carbonyl (C=O) groups excluding carboxylic acids is 2. The van der Waals surface area contributed by atoms with E-state index in [1.807, 2.05) is 37.3 Å². The maximum absolute atomic E-state index is 12.5. The zero-order chi connectivity index (χ0) is 18.4. The predicted octanol–water partition coefficient (Wildman–Crippen LogP) is 2.88. The molecule has 0 spiro atoms. The molecule has 26 heavy (non-hydrogen) atoms. The van der Waals surface area contributed by atoms with Crippen LogP contribution in [0.1, 0.15) is 23.0 Å². The Hall–Kier alpha value is -3.28. The third-order valence-corrected chi connectivity index (χ3v) is 3.84. The Morgan fingerprint density at radius 2 is 1.81 bits per heavy atom. The fourth-order valence-electron chi connectivity index (χ4n) is 2.59. The van der Waals surface area contributed by atoms with E-state index in [0.717, 1.165) is 10.8 Å². The van der Waals surface area contributed by atoms with E-state index in [0.29, 0.717) is 23.7 Å². The summed E-state index contributed by atoms with van der Waals surface area (Å²) in [7, 11) is 0. The van der Waals surface area contributed by atoms with Gasteiger partial charge in [-0.1, -0.05) is 24.3 Å². The van der Waals surface area contributed by atoms with Crippen LogP contribution in [0.3, 0.4) is 0 Å². The molecule has 0 unspecified atom stereocenters. The Balaban J connectivity index is 1.66. The molecule has 1 heterocycles. The quantitative estimate of drug-likeness (QED) is 0.685. The first-order chi connectivity index (χ1) is 12.7. The first-order valence-electron chi connectivity index (χ1n) is 8.40. The Bertz CT molecular complexity index is 903. The molecular formula is C20H20N2O4. The lowest BCUT2D eigenvalue weighted by Crippen LogP contribution is -2.36. The Kier molecular flexibility index (Phi) is 5.53. The molecule has 0 aliphatic carbocycles. The van der Waals surface area contributed by atoms with E-state index in [2.05, 4.69) is 10.6 Å². The first-order valence-corrected chi connectivity index (χ1v) is 8.40. The van der Waals surface area contributed by atoms with Crippen molar-refractivity contribution in [3.05, 3.63) is 66.1 Å². The van der Waals surface area contributed by atoms with E-state index in [1.165, 1.54) is 6.26 Å². The van der Waals surface area contributed by atoms with Crippen LogP contribution in [0, 0.1) is 0 Å². The van der Waals surface area contributed by atoms with Gasteiger partial charge in [-0.25, -0.2) is 0 Å². The number of carbonyl (C=O) groups is 2. The molecule has 2 aromatic carbocycles. The molecule has 6 nitrogen and oxygen atoms in total. The second-order valence-corrected chi connectivity index (χ2v) is 5.67.